The van der Waals surface area contributed by atoms with E-state index in [1.165, 1.54) is 24.3 Å². The van der Waals surface area contributed by atoms with Gasteiger partial charge in [-0.15, -0.1) is 0 Å². The summed E-state index contributed by atoms with van der Waals surface area (Å²) in [6, 6.07) is 5.01. The second kappa shape index (κ2) is 9.97. The van der Waals surface area contributed by atoms with Crippen LogP contribution >= 0.6 is 0 Å². The molecule has 0 aliphatic carbocycles. The van der Waals surface area contributed by atoms with Gasteiger partial charge in [0.1, 0.15) is 11.2 Å². The lowest BCUT2D eigenvalue weighted by molar-refractivity contribution is -0.161. The Bertz CT molecular complexity index is 849. The zero-order valence-corrected chi connectivity index (χ0v) is 19.7. The number of rotatable bonds is 8. The monoisotopic (exact) mass is 446 g/mol. The van der Waals surface area contributed by atoms with Gasteiger partial charge < -0.3 is 9.47 Å². The van der Waals surface area contributed by atoms with Crippen LogP contribution in [0.1, 0.15) is 76.1 Å². The summed E-state index contributed by atoms with van der Waals surface area (Å²) < 4.78 is 10.3. The van der Waals surface area contributed by atoms with Crippen molar-refractivity contribution in [3.05, 3.63) is 35.4 Å². The minimum Gasteiger partial charge on any atom is -0.459 e. The fraction of sp³-hybridized carbons (Fsp3) is 0.500. The maximum absolute atomic E-state index is 12.8. The van der Waals surface area contributed by atoms with Crippen molar-refractivity contribution in [3.63, 3.8) is 0 Å². The maximum atomic E-state index is 12.8. The first-order valence-corrected chi connectivity index (χ1v) is 10.1. The fourth-order valence-corrected chi connectivity index (χ4v) is 2.77. The Labute approximate surface area is 187 Å². The first-order chi connectivity index (χ1) is 14.4. The molecule has 0 amide bonds. The number of carbonyl (C=O) groups excluding carboxylic acids is 6. The minimum atomic E-state index is -1.64. The van der Waals surface area contributed by atoms with Crippen LogP contribution in [-0.2, 0) is 28.7 Å². The van der Waals surface area contributed by atoms with Crippen molar-refractivity contribution in [3.8, 4) is 0 Å². The van der Waals surface area contributed by atoms with Crippen LogP contribution < -0.4 is 0 Å². The molecule has 8 nitrogen and oxygen atoms in total. The van der Waals surface area contributed by atoms with E-state index in [1.807, 2.05) is 0 Å². The van der Waals surface area contributed by atoms with Crippen LogP contribution in [-0.4, -0.2) is 46.3 Å². The Hall–Kier alpha value is -3.16. The third kappa shape index (κ3) is 7.51. The van der Waals surface area contributed by atoms with Gasteiger partial charge in [-0.2, -0.15) is 0 Å². The molecule has 1 rings (SSSR count). The van der Waals surface area contributed by atoms with E-state index < -0.39 is 58.1 Å². The van der Waals surface area contributed by atoms with Gasteiger partial charge in [-0.25, -0.2) is 0 Å². The molecule has 2 atom stereocenters. The van der Waals surface area contributed by atoms with Crippen LogP contribution in [0.4, 0.5) is 0 Å². The van der Waals surface area contributed by atoms with Crippen molar-refractivity contribution in [1.82, 2.24) is 0 Å². The summed E-state index contributed by atoms with van der Waals surface area (Å²) in [4.78, 5) is 74.1. The molecular weight excluding hydrogens is 416 g/mol. The van der Waals surface area contributed by atoms with Gasteiger partial charge >= 0.3 is 11.9 Å². The second-order valence-electron chi connectivity index (χ2n) is 9.46. The normalized spacial score (nSPS) is 13.5. The standard InChI is InChI=1S/C24H30O8/c1-13(25)17(21(29)31-23(3,4)5)19(27)15-9-11-16(12-10-15)20(28)18(14(2)26)22(30)32-24(6,7)8/h9-12,17-18H,1-8H3. The molecule has 0 aliphatic heterocycles. The van der Waals surface area contributed by atoms with Crippen LogP contribution in [0.25, 0.3) is 0 Å². The first kappa shape index (κ1) is 26.9. The number of ketones is 4. The van der Waals surface area contributed by atoms with Gasteiger partial charge in [0, 0.05) is 11.1 Å². The van der Waals surface area contributed by atoms with Gasteiger partial charge in [-0.1, -0.05) is 24.3 Å². The Balaban J connectivity index is 3.17. The summed E-state index contributed by atoms with van der Waals surface area (Å²) in [5.41, 5.74) is -1.76. The number of benzene rings is 1. The van der Waals surface area contributed by atoms with Gasteiger partial charge in [0.05, 0.1) is 0 Å². The predicted octanol–water partition coefficient (Wildman–Crippen LogP) is 3.15. The number of hydrogen-bond acceptors (Lipinski definition) is 8. The Morgan fingerprint density at radius 1 is 0.594 bits per heavy atom. The zero-order chi connectivity index (χ0) is 25.0. The van der Waals surface area contributed by atoms with E-state index in [2.05, 4.69) is 0 Å². The Morgan fingerprint density at radius 2 is 0.844 bits per heavy atom. The van der Waals surface area contributed by atoms with Gasteiger partial charge in [0.2, 0.25) is 0 Å². The lowest BCUT2D eigenvalue weighted by Gasteiger charge is -2.23. The van der Waals surface area contributed by atoms with Gasteiger partial charge in [-0.05, 0) is 55.4 Å². The first-order valence-electron chi connectivity index (χ1n) is 10.1. The minimum absolute atomic E-state index is 0.00394. The summed E-state index contributed by atoms with van der Waals surface area (Å²) in [6.45, 7) is 11.9. The van der Waals surface area contributed by atoms with Gasteiger partial charge in [-0.3, -0.25) is 28.8 Å². The molecule has 0 aromatic heterocycles. The highest BCUT2D eigenvalue weighted by Crippen LogP contribution is 2.20. The molecule has 1 aromatic carbocycles. The third-order valence-corrected chi connectivity index (χ3v) is 4.08. The summed E-state index contributed by atoms with van der Waals surface area (Å²) in [5, 5.41) is 0. The zero-order valence-electron chi connectivity index (χ0n) is 19.7. The number of carbonyl (C=O) groups is 6. The molecule has 0 saturated carbocycles. The molecule has 0 aliphatic rings. The molecule has 174 valence electrons. The highest BCUT2D eigenvalue weighted by molar-refractivity contribution is 6.23. The van der Waals surface area contributed by atoms with E-state index >= 15 is 0 Å². The van der Waals surface area contributed by atoms with Crippen LogP contribution in [0, 0.1) is 11.8 Å². The number of esters is 2. The molecule has 0 bridgehead atoms. The number of ether oxygens (including phenoxy) is 2. The van der Waals surface area contributed by atoms with Crippen LogP contribution in [0.15, 0.2) is 24.3 Å². The highest BCUT2D eigenvalue weighted by Gasteiger charge is 2.37. The lowest BCUT2D eigenvalue weighted by atomic mass is 9.90. The van der Waals surface area contributed by atoms with E-state index in [-0.39, 0.29) is 11.1 Å². The predicted molar refractivity (Wildman–Crippen MR) is 115 cm³/mol. The summed E-state index contributed by atoms with van der Waals surface area (Å²) in [7, 11) is 0. The summed E-state index contributed by atoms with van der Waals surface area (Å²) >= 11 is 0. The van der Waals surface area contributed by atoms with Crippen molar-refractivity contribution in [2.45, 2.75) is 66.6 Å². The van der Waals surface area contributed by atoms with Crippen molar-refractivity contribution in [1.29, 1.82) is 0 Å². The topological polar surface area (TPSA) is 121 Å². The molecule has 0 heterocycles. The molecule has 32 heavy (non-hydrogen) atoms. The largest absolute Gasteiger partial charge is 0.459 e. The van der Waals surface area contributed by atoms with E-state index in [0.29, 0.717) is 0 Å². The van der Waals surface area contributed by atoms with E-state index in [1.54, 1.807) is 41.5 Å². The Kier molecular flexibility index (Phi) is 8.38. The van der Waals surface area contributed by atoms with Crippen molar-refractivity contribution in [2.24, 2.45) is 11.8 Å². The summed E-state index contributed by atoms with van der Waals surface area (Å²) in [5.74, 6) is -8.10. The van der Waals surface area contributed by atoms with Crippen LogP contribution in [0.3, 0.4) is 0 Å². The van der Waals surface area contributed by atoms with Crippen molar-refractivity contribution < 1.29 is 38.2 Å². The van der Waals surface area contributed by atoms with Gasteiger partial charge in [0.25, 0.3) is 0 Å². The lowest BCUT2D eigenvalue weighted by Crippen LogP contribution is -2.37. The molecule has 0 fully saturated rings. The second-order valence-corrected chi connectivity index (χ2v) is 9.46. The maximum Gasteiger partial charge on any atom is 0.325 e. The van der Waals surface area contributed by atoms with E-state index in [4.69, 9.17) is 9.47 Å². The van der Waals surface area contributed by atoms with Crippen molar-refractivity contribution in [2.75, 3.05) is 0 Å². The summed E-state index contributed by atoms with van der Waals surface area (Å²) in [6.07, 6.45) is 0. The number of Topliss-reactive ketones (excluding diaryl/α,β-unsaturated/α-hetero) is 4. The molecule has 0 radical (unpaired) electrons. The molecular formula is C24H30O8. The average Bonchev–Trinajstić information content (AvgIpc) is 2.58. The highest BCUT2D eigenvalue weighted by atomic mass is 16.6. The van der Waals surface area contributed by atoms with Crippen LogP contribution in [0.5, 0.6) is 0 Å². The molecule has 0 saturated heterocycles. The molecule has 2 unspecified atom stereocenters. The number of hydrogen-bond donors (Lipinski definition) is 0. The quantitative estimate of drug-likeness (QED) is 0.339. The average molecular weight is 446 g/mol. The molecule has 8 heteroatoms. The van der Waals surface area contributed by atoms with E-state index in [9.17, 15) is 28.8 Å². The molecule has 0 N–H and O–H groups in total. The van der Waals surface area contributed by atoms with Crippen molar-refractivity contribution >= 4 is 35.1 Å². The molecule has 1 aromatic rings. The Morgan fingerprint density at radius 3 is 1.03 bits per heavy atom. The SMILES string of the molecule is CC(=O)C(C(=O)OC(C)(C)C)C(=O)c1ccc(C(=O)C(C(C)=O)C(=O)OC(C)(C)C)cc1. The van der Waals surface area contributed by atoms with Gasteiger partial charge in [0.15, 0.2) is 35.0 Å². The third-order valence-electron chi connectivity index (χ3n) is 4.08. The fourth-order valence-electron chi connectivity index (χ4n) is 2.77. The van der Waals surface area contributed by atoms with E-state index in [0.717, 1.165) is 13.8 Å². The molecule has 0 spiro atoms. The van der Waals surface area contributed by atoms with Crippen LogP contribution in [0.2, 0.25) is 0 Å². The smallest absolute Gasteiger partial charge is 0.325 e.